The molecular weight excluding hydrogens is 474 g/mol. The first-order valence-electron chi connectivity index (χ1n) is 13.1. The van der Waals surface area contributed by atoms with Crippen LogP contribution in [0, 0.1) is 5.92 Å². The Morgan fingerprint density at radius 2 is 1.82 bits per heavy atom. The Morgan fingerprint density at radius 3 is 2.71 bits per heavy atom. The van der Waals surface area contributed by atoms with Crippen molar-refractivity contribution in [2.75, 3.05) is 6.54 Å². The lowest BCUT2D eigenvalue weighted by Crippen LogP contribution is -2.20. The molecule has 0 atom stereocenters. The van der Waals surface area contributed by atoms with E-state index in [9.17, 15) is 0 Å². The molecule has 1 aliphatic carbocycles. The molecule has 0 spiro atoms. The standard InChI is InChI=1S/C29H27N9/c1-2-6-18(5-1)13-30-14-19-11-20(16-31-15-19)24-12-21-25(17-34-24)37-38-26(21)29-35-23-8-10-33-27(28(23)36-29)22-7-3-4-9-32-22/h3-4,7-12,15-18,30H,1-2,5-6,13-14H2,(H,35,36)(H,37,38). The van der Waals surface area contributed by atoms with E-state index in [1.165, 1.54) is 25.7 Å². The summed E-state index contributed by atoms with van der Waals surface area (Å²) in [7, 11) is 0. The topological polar surface area (TPSA) is 121 Å². The van der Waals surface area contributed by atoms with Crippen LogP contribution in [0.3, 0.4) is 0 Å². The third-order valence-corrected chi connectivity index (χ3v) is 7.31. The Hall–Kier alpha value is -4.50. The second kappa shape index (κ2) is 9.75. The number of fused-ring (bicyclic) bond motifs is 2. The first-order valence-corrected chi connectivity index (χ1v) is 13.1. The van der Waals surface area contributed by atoms with E-state index in [1.54, 1.807) is 12.4 Å². The fourth-order valence-electron chi connectivity index (χ4n) is 5.35. The predicted octanol–water partition coefficient (Wildman–Crippen LogP) is 5.30. The van der Waals surface area contributed by atoms with E-state index in [4.69, 9.17) is 4.98 Å². The average Bonchev–Trinajstić information content (AvgIpc) is 3.73. The van der Waals surface area contributed by atoms with Crippen LogP contribution < -0.4 is 5.32 Å². The van der Waals surface area contributed by atoms with Gasteiger partial charge in [0.15, 0.2) is 5.82 Å². The largest absolute Gasteiger partial charge is 0.336 e. The summed E-state index contributed by atoms with van der Waals surface area (Å²) in [6.07, 6.45) is 14.5. The predicted molar refractivity (Wildman–Crippen MR) is 147 cm³/mol. The van der Waals surface area contributed by atoms with Crippen LogP contribution >= 0.6 is 0 Å². The lowest BCUT2D eigenvalue weighted by Gasteiger charge is -2.11. The Kier molecular flexibility index (Phi) is 5.82. The maximum absolute atomic E-state index is 4.88. The molecule has 0 radical (unpaired) electrons. The Morgan fingerprint density at radius 1 is 0.868 bits per heavy atom. The maximum Gasteiger partial charge on any atom is 0.159 e. The summed E-state index contributed by atoms with van der Waals surface area (Å²) in [5, 5.41) is 12.2. The first kappa shape index (κ1) is 22.7. The highest BCUT2D eigenvalue weighted by Crippen LogP contribution is 2.31. The molecule has 6 aromatic rings. The quantitative estimate of drug-likeness (QED) is 0.271. The molecule has 188 valence electrons. The van der Waals surface area contributed by atoms with Crippen molar-refractivity contribution in [3.05, 3.63) is 72.9 Å². The normalized spacial score (nSPS) is 14.1. The molecule has 1 saturated carbocycles. The summed E-state index contributed by atoms with van der Waals surface area (Å²) in [5.74, 6) is 1.47. The van der Waals surface area contributed by atoms with Gasteiger partial charge in [-0.05, 0) is 61.2 Å². The van der Waals surface area contributed by atoms with Crippen molar-refractivity contribution in [2.24, 2.45) is 5.92 Å². The number of nitrogens with zero attached hydrogens (tertiary/aromatic N) is 6. The van der Waals surface area contributed by atoms with Crippen LogP contribution in [0.1, 0.15) is 31.2 Å². The Balaban J connectivity index is 1.20. The van der Waals surface area contributed by atoms with Crippen LogP contribution in [0.5, 0.6) is 0 Å². The second-order valence-corrected chi connectivity index (χ2v) is 9.91. The van der Waals surface area contributed by atoms with Crippen molar-refractivity contribution in [3.63, 3.8) is 0 Å². The Labute approximate surface area is 219 Å². The number of hydrogen-bond acceptors (Lipinski definition) is 7. The minimum atomic E-state index is 0.663. The molecule has 1 aliphatic rings. The zero-order valence-electron chi connectivity index (χ0n) is 20.9. The SMILES string of the molecule is c1ccc(-c2nccc3[nH]c(-c4n[nH]c5cnc(-c6cncc(CNCC7CCCC7)c6)cc45)nc23)nc1. The van der Waals surface area contributed by atoms with Gasteiger partial charge in [-0.3, -0.25) is 25.0 Å². The minimum Gasteiger partial charge on any atom is -0.336 e. The van der Waals surface area contributed by atoms with Gasteiger partial charge >= 0.3 is 0 Å². The lowest BCUT2D eigenvalue weighted by molar-refractivity contribution is 0.489. The monoisotopic (exact) mass is 501 g/mol. The number of nitrogens with one attached hydrogen (secondary N) is 3. The highest BCUT2D eigenvalue weighted by molar-refractivity contribution is 5.96. The van der Waals surface area contributed by atoms with Crippen LogP contribution in [-0.2, 0) is 6.54 Å². The fourth-order valence-corrected chi connectivity index (χ4v) is 5.35. The molecule has 38 heavy (non-hydrogen) atoms. The smallest absolute Gasteiger partial charge is 0.159 e. The molecule has 6 heterocycles. The van der Waals surface area contributed by atoms with Crippen molar-refractivity contribution >= 4 is 21.9 Å². The number of imidazole rings is 1. The van der Waals surface area contributed by atoms with Gasteiger partial charge < -0.3 is 10.3 Å². The van der Waals surface area contributed by atoms with Gasteiger partial charge in [0.05, 0.1) is 28.6 Å². The molecule has 0 aliphatic heterocycles. The van der Waals surface area contributed by atoms with E-state index < -0.39 is 0 Å². The van der Waals surface area contributed by atoms with Crippen molar-refractivity contribution in [1.29, 1.82) is 0 Å². The molecule has 9 heteroatoms. The molecule has 1 fully saturated rings. The summed E-state index contributed by atoms with van der Waals surface area (Å²) in [6, 6.07) is 11.9. The number of pyridine rings is 4. The van der Waals surface area contributed by atoms with Crippen LogP contribution in [0.25, 0.3) is 56.1 Å². The molecule has 3 N–H and O–H groups in total. The molecule has 7 rings (SSSR count). The molecule has 0 unspecified atom stereocenters. The van der Waals surface area contributed by atoms with E-state index in [-0.39, 0.29) is 0 Å². The van der Waals surface area contributed by atoms with Crippen molar-refractivity contribution in [3.8, 4) is 34.2 Å². The van der Waals surface area contributed by atoms with Gasteiger partial charge in [0.25, 0.3) is 0 Å². The van der Waals surface area contributed by atoms with Gasteiger partial charge in [-0.2, -0.15) is 5.10 Å². The highest BCUT2D eigenvalue weighted by Gasteiger charge is 2.18. The summed E-state index contributed by atoms with van der Waals surface area (Å²) in [5.41, 5.74) is 7.70. The average molecular weight is 502 g/mol. The van der Waals surface area contributed by atoms with Gasteiger partial charge in [-0.1, -0.05) is 18.9 Å². The van der Waals surface area contributed by atoms with E-state index in [0.717, 1.165) is 74.8 Å². The van der Waals surface area contributed by atoms with E-state index in [1.807, 2.05) is 48.9 Å². The zero-order valence-corrected chi connectivity index (χ0v) is 20.9. The van der Waals surface area contributed by atoms with Gasteiger partial charge in [0, 0.05) is 42.3 Å². The molecule has 6 aromatic heterocycles. The third kappa shape index (κ3) is 4.31. The van der Waals surface area contributed by atoms with E-state index >= 15 is 0 Å². The van der Waals surface area contributed by atoms with Crippen LogP contribution in [0.15, 0.2) is 67.4 Å². The molecule has 0 saturated heterocycles. The van der Waals surface area contributed by atoms with Gasteiger partial charge in [0.1, 0.15) is 16.9 Å². The molecular formula is C29H27N9. The van der Waals surface area contributed by atoms with Crippen LogP contribution in [-0.4, -0.2) is 46.6 Å². The molecule has 9 nitrogen and oxygen atoms in total. The van der Waals surface area contributed by atoms with Crippen molar-refractivity contribution in [1.82, 2.24) is 45.4 Å². The third-order valence-electron chi connectivity index (χ3n) is 7.31. The Bertz CT molecular complexity index is 1710. The highest BCUT2D eigenvalue weighted by atomic mass is 15.1. The van der Waals surface area contributed by atoms with Gasteiger partial charge in [0.2, 0.25) is 0 Å². The summed E-state index contributed by atoms with van der Waals surface area (Å²) >= 11 is 0. The molecule has 0 amide bonds. The van der Waals surface area contributed by atoms with Gasteiger partial charge in [-0.25, -0.2) is 4.98 Å². The summed E-state index contributed by atoms with van der Waals surface area (Å²) in [6.45, 7) is 1.88. The van der Waals surface area contributed by atoms with E-state index in [2.05, 4.69) is 46.5 Å². The fraction of sp³-hybridized carbons (Fsp3) is 0.241. The minimum absolute atomic E-state index is 0.663. The molecule has 0 aromatic carbocycles. The summed E-state index contributed by atoms with van der Waals surface area (Å²) in [4.78, 5) is 26.5. The summed E-state index contributed by atoms with van der Waals surface area (Å²) < 4.78 is 0. The van der Waals surface area contributed by atoms with E-state index in [0.29, 0.717) is 5.82 Å². The van der Waals surface area contributed by atoms with Crippen LogP contribution in [0.2, 0.25) is 0 Å². The van der Waals surface area contributed by atoms with Gasteiger partial charge in [-0.15, -0.1) is 0 Å². The van der Waals surface area contributed by atoms with Crippen molar-refractivity contribution < 1.29 is 0 Å². The number of rotatable bonds is 7. The maximum atomic E-state index is 4.88. The zero-order chi connectivity index (χ0) is 25.3. The lowest BCUT2D eigenvalue weighted by atomic mass is 10.1. The number of H-pyrrole nitrogens is 2. The van der Waals surface area contributed by atoms with Crippen LogP contribution in [0.4, 0.5) is 0 Å². The number of aromatic amines is 2. The first-order chi connectivity index (χ1) is 18.8. The molecule has 0 bridgehead atoms. The number of hydrogen-bond donors (Lipinski definition) is 3. The second-order valence-electron chi connectivity index (χ2n) is 9.91. The number of aromatic nitrogens is 8. The van der Waals surface area contributed by atoms with Crippen molar-refractivity contribution in [2.45, 2.75) is 32.2 Å².